The summed E-state index contributed by atoms with van der Waals surface area (Å²) in [5, 5.41) is 18.5. The minimum atomic E-state index is -0.226. The van der Waals surface area contributed by atoms with Crippen LogP contribution in [0.5, 0.6) is 0 Å². The van der Waals surface area contributed by atoms with E-state index >= 15 is 0 Å². The largest absolute Gasteiger partial charge is 0.396 e. The number of rotatable bonds is 8. The SMILES string of the molecule is C#Cc1cccc(NC(=O)CN=C(NCC)NCC2(CCO)CCOC2)c1. The molecule has 0 aliphatic carbocycles. The van der Waals surface area contributed by atoms with Gasteiger partial charge in [0.1, 0.15) is 6.54 Å². The van der Waals surface area contributed by atoms with Crippen LogP contribution in [0.1, 0.15) is 25.3 Å². The topological polar surface area (TPSA) is 95.0 Å². The van der Waals surface area contributed by atoms with Crippen molar-refractivity contribution in [3.8, 4) is 12.3 Å². The normalized spacial score (nSPS) is 19.4. The Morgan fingerprint density at radius 2 is 2.30 bits per heavy atom. The summed E-state index contributed by atoms with van der Waals surface area (Å²) in [6, 6.07) is 7.12. The summed E-state index contributed by atoms with van der Waals surface area (Å²) in [4.78, 5) is 16.5. The number of terminal acetylenes is 1. The number of benzene rings is 1. The molecule has 1 saturated heterocycles. The number of hydrogen-bond donors (Lipinski definition) is 4. The van der Waals surface area contributed by atoms with Crippen molar-refractivity contribution < 1.29 is 14.6 Å². The van der Waals surface area contributed by atoms with Crippen LogP contribution in [0.4, 0.5) is 5.69 Å². The Morgan fingerprint density at radius 3 is 2.96 bits per heavy atom. The third-order valence-electron chi connectivity index (χ3n) is 4.50. The summed E-state index contributed by atoms with van der Waals surface area (Å²) < 4.78 is 5.50. The highest BCUT2D eigenvalue weighted by Gasteiger charge is 2.34. The molecule has 1 atom stereocenters. The van der Waals surface area contributed by atoms with Crippen LogP contribution in [0.15, 0.2) is 29.3 Å². The number of nitrogens with one attached hydrogen (secondary N) is 3. The number of carbonyl (C=O) groups excluding carboxylic acids is 1. The molecule has 1 fully saturated rings. The van der Waals surface area contributed by atoms with Gasteiger partial charge in [0.25, 0.3) is 0 Å². The predicted molar refractivity (Wildman–Crippen MR) is 107 cm³/mol. The maximum absolute atomic E-state index is 12.2. The fourth-order valence-electron chi connectivity index (χ4n) is 2.96. The number of anilines is 1. The van der Waals surface area contributed by atoms with Gasteiger partial charge in [-0.2, -0.15) is 0 Å². The number of amides is 1. The molecule has 1 aliphatic rings. The van der Waals surface area contributed by atoms with E-state index in [0.717, 1.165) is 6.42 Å². The molecule has 1 amide bonds. The molecule has 0 spiro atoms. The van der Waals surface area contributed by atoms with Gasteiger partial charge in [-0.15, -0.1) is 6.42 Å². The van der Waals surface area contributed by atoms with Gasteiger partial charge in [-0.05, 0) is 38.0 Å². The molecule has 1 aliphatic heterocycles. The van der Waals surface area contributed by atoms with E-state index < -0.39 is 0 Å². The second-order valence-corrected chi connectivity index (χ2v) is 6.60. The van der Waals surface area contributed by atoms with Crippen molar-refractivity contribution in [2.45, 2.75) is 19.8 Å². The van der Waals surface area contributed by atoms with E-state index in [-0.39, 0.29) is 24.5 Å². The molecule has 0 bridgehead atoms. The lowest BCUT2D eigenvalue weighted by atomic mass is 9.84. The van der Waals surface area contributed by atoms with Gasteiger partial charge in [-0.1, -0.05) is 12.0 Å². The van der Waals surface area contributed by atoms with Gasteiger partial charge in [-0.25, -0.2) is 4.99 Å². The third kappa shape index (κ3) is 6.59. The Bertz CT molecular complexity index is 691. The molecule has 1 aromatic rings. The van der Waals surface area contributed by atoms with E-state index in [1.807, 2.05) is 6.92 Å². The van der Waals surface area contributed by atoms with Crippen LogP contribution < -0.4 is 16.0 Å². The van der Waals surface area contributed by atoms with E-state index in [0.29, 0.717) is 49.9 Å². The van der Waals surface area contributed by atoms with E-state index in [1.54, 1.807) is 24.3 Å². The van der Waals surface area contributed by atoms with Gasteiger partial charge >= 0.3 is 0 Å². The molecular formula is C20H28N4O3. The van der Waals surface area contributed by atoms with Crippen molar-refractivity contribution in [1.82, 2.24) is 10.6 Å². The van der Waals surface area contributed by atoms with Crippen LogP contribution in [0.3, 0.4) is 0 Å². The molecule has 2 rings (SSSR count). The molecule has 27 heavy (non-hydrogen) atoms. The molecule has 146 valence electrons. The fraction of sp³-hybridized carbons (Fsp3) is 0.500. The Kier molecular flexibility index (Phi) is 8.11. The monoisotopic (exact) mass is 372 g/mol. The first kappa shape index (κ1) is 20.7. The van der Waals surface area contributed by atoms with Crippen LogP contribution in [0, 0.1) is 17.8 Å². The van der Waals surface area contributed by atoms with Crippen molar-refractivity contribution >= 4 is 17.6 Å². The third-order valence-corrected chi connectivity index (χ3v) is 4.50. The van der Waals surface area contributed by atoms with Gasteiger partial charge in [0.05, 0.1) is 6.61 Å². The lowest BCUT2D eigenvalue weighted by Gasteiger charge is -2.27. The second kappa shape index (κ2) is 10.6. The van der Waals surface area contributed by atoms with Crippen LogP contribution in [-0.4, -0.2) is 56.4 Å². The first-order valence-corrected chi connectivity index (χ1v) is 9.18. The van der Waals surface area contributed by atoms with Crippen molar-refractivity contribution in [2.24, 2.45) is 10.4 Å². The molecular weight excluding hydrogens is 344 g/mol. The predicted octanol–water partition coefficient (Wildman–Crippen LogP) is 0.951. The number of carbonyl (C=O) groups is 1. The van der Waals surface area contributed by atoms with Crippen LogP contribution in [0.25, 0.3) is 0 Å². The molecule has 0 saturated carbocycles. The molecule has 4 N–H and O–H groups in total. The number of aliphatic hydroxyl groups is 1. The Morgan fingerprint density at radius 1 is 1.44 bits per heavy atom. The van der Waals surface area contributed by atoms with Crippen molar-refractivity contribution in [1.29, 1.82) is 0 Å². The number of nitrogens with zero attached hydrogens (tertiary/aromatic N) is 1. The summed E-state index contributed by atoms with van der Waals surface area (Å²) in [6.07, 6.45) is 6.94. The Balaban J connectivity index is 1.91. The summed E-state index contributed by atoms with van der Waals surface area (Å²) in [5.41, 5.74) is 1.26. The lowest BCUT2D eigenvalue weighted by Crippen LogP contribution is -2.44. The molecule has 7 heteroatoms. The van der Waals surface area contributed by atoms with Crippen LogP contribution in [-0.2, 0) is 9.53 Å². The summed E-state index contributed by atoms with van der Waals surface area (Å²) in [6.45, 7) is 4.70. The van der Waals surface area contributed by atoms with Gasteiger partial charge in [-0.3, -0.25) is 4.79 Å². The summed E-state index contributed by atoms with van der Waals surface area (Å²) in [7, 11) is 0. The Hall–Kier alpha value is -2.56. The highest BCUT2D eigenvalue weighted by molar-refractivity contribution is 5.94. The second-order valence-electron chi connectivity index (χ2n) is 6.60. The van der Waals surface area contributed by atoms with Gasteiger partial charge in [0.2, 0.25) is 5.91 Å². The van der Waals surface area contributed by atoms with E-state index in [4.69, 9.17) is 11.2 Å². The minimum absolute atomic E-state index is 0.0148. The molecule has 0 radical (unpaired) electrons. The molecule has 1 heterocycles. The average Bonchev–Trinajstić information content (AvgIpc) is 3.13. The lowest BCUT2D eigenvalue weighted by molar-refractivity contribution is -0.114. The minimum Gasteiger partial charge on any atom is -0.396 e. The zero-order chi connectivity index (χ0) is 19.5. The van der Waals surface area contributed by atoms with E-state index in [2.05, 4.69) is 26.9 Å². The maximum atomic E-state index is 12.2. The summed E-state index contributed by atoms with van der Waals surface area (Å²) in [5.74, 6) is 2.88. The highest BCUT2D eigenvalue weighted by atomic mass is 16.5. The Labute approximate surface area is 160 Å². The fourth-order valence-corrected chi connectivity index (χ4v) is 2.96. The van der Waals surface area contributed by atoms with E-state index in [1.165, 1.54) is 0 Å². The molecule has 1 unspecified atom stereocenters. The zero-order valence-corrected chi connectivity index (χ0v) is 15.8. The van der Waals surface area contributed by atoms with Crippen molar-refractivity contribution in [3.63, 3.8) is 0 Å². The van der Waals surface area contributed by atoms with Crippen LogP contribution >= 0.6 is 0 Å². The molecule has 0 aromatic heterocycles. The zero-order valence-electron chi connectivity index (χ0n) is 15.8. The number of aliphatic hydroxyl groups excluding tert-OH is 1. The first-order valence-electron chi connectivity index (χ1n) is 9.18. The van der Waals surface area contributed by atoms with E-state index in [9.17, 15) is 9.90 Å². The number of aliphatic imine (C=N–C) groups is 1. The number of hydrogen-bond acceptors (Lipinski definition) is 4. The smallest absolute Gasteiger partial charge is 0.246 e. The quantitative estimate of drug-likeness (QED) is 0.310. The van der Waals surface area contributed by atoms with Crippen LogP contribution in [0.2, 0.25) is 0 Å². The molecule has 1 aromatic carbocycles. The van der Waals surface area contributed by atoms with Gasteiger partial charge in [0, 0.05) is 43.0 Å². The summed E-state index contributed by atoms with van der Waals surface area (Å²) >= 11 is 0. The van der Waals surface area contributed by atoms with Crippen molar-refractivity contribution in [3.05, 3.63) is 29.8 Å². The van der Waals surface area contributed by atoms with Gasteiger partial charge < -0.3 is 25.8 Å². The first-order chi connectivity index (χ1) is 13.1. The highest BCUT2D eigenvalue weighted by Crippen LogP contribution is 2.31. The molecule has 7 nitrogen and oxygen atoms in total. The number of ether oxygens (including phenoxy) is 1. The standard InChI is InChI=1S/C20H28N4O3/c1-3-16-6-5-7-17(12-16)24-18(26)13-22-19(21-4-2)23-14-20(8-10-25)9-11-27-15-20/h1,5-7,12,25H,4,8-11,13-15H2,2H3,(H,24,26)(H2,21,22,23). The van der Waals surface area contributed by atoms with Crippen molar-refractivity contribution in [2.75, 3.05) is 44.8 Å². The average molecular weight is 372 g/mol. The maximum Gasteiger partial charge on any atom is 0.246 e. The van der Waals surface area contributed by atoms with Gasteiger partial charge in [0.15, 0.2) is 5.96 Å². The number of guanidine groups is 1.